The van der Waals surface area contributed by atoms with Crippen LogP contribution in [0.25, 0.3) is 0 Å². The highest BCUT2D eigenvalue weighted by molar-refractivity contribution is 7.55. The van der Waals surface area contributed by atoms with Crippen LogP contribution in [0.2, 0.25) is 0 Å². The van der Waals surface area contributed by atoms with Crippen molar-refractivity contribution in [3.05, 3.63) is 0 Å². The topological polar surface area (TPSA) is 49.3 Å². The molecule has 0 rings (SSSR count). The molecule has 0 aliphatic heterocycles. The van der Waals surface area contributed by atoms with Crippen molar-refractivity contribution < 1.29 is 9.46 Å². The second kappa shape index (κ2) is 4.91. The van der Waals surface area contributed by atoms with Crippen LogP contribution in [0.15, 0.2) is 0 Å². The van der Waals surface area contributed by atoms with Crippen LogP contribution in [0, 0.1) is 5.92 Å². The van der Waals surface area contributed by atoms with E-state index >= 15 is 0 Å². The molecule has 0 fully saturated rings. The highest BCUT2D eigenvalue weighted by atomic mass is 31.2. The molecule has 2 atom stereocenters. The van der Waals surface area contributed by atoms with Crippen LogP contribution < -0.4 is 5.09 Å². The third-order valence-corrected chi connectivity index (χ3v) is 3.59. The Balaban J connectivity index is 3.81. The predicted molar refractivity (Wildman–Crippen MR) is 47.8 cm³/mol. The lowest BCUT2D eigenvalue weighted by atomic mass is 10.2. The van der Waals surface area contributed by atoms with Gasteiger partial charge in [0.05, 0.1) is 0 Å². The molecule has 3 nitrogen and oxygen atoms in total. The van der Waals surface area contributed by atoms with Gasteiger partial charge in [-0.05, 0) is 5.92 Å². The molecule has 0 aromatic rings. The molecule has 0 heterocycles. The fourth-order valence-corrected chi connectivity index (χ4v) is 2.59. The molecule has 0 radical (unpaired) electrons. The Kier molecular flexibility index (Phi) is 4.98. The molecule has 0 saturated heterocycles. The van der Waals surface area contributed by atoms with Crippen molar-refractivity contribution >= 4 is 7.52 Å². The van der Waals surface area contributed by atoms with Gasteiger partial charge < -0.3 is 4.89 Å². The second-order valence-corrected chi connectivity index (χ2v) is 4.99. The summed E-state index contributed by atoms with van der Waals surface area (Å²) < 4.78 is 11.2. The fraction of sp³-hybridized carbons (Fsp3) is 1.00. The summed E-state index contributed by atoms with van der Waals surface area (Å²) in [6, 6.07) is 0. The summed E-state index contributed by atoms with van der Waals surface area (Å²) in [5.74, 6) is 0.324. The SMILES string of the molecule is CCNP(=O)(O)CC(C)CC. The molecule has 4 heteroatoms. The third kappa shape index (κ3) is 5.42. The molecule has 0 bridgehead atoms. The van der Waals surface area contributed by atoms with Crippen LogP contribution in [0.1, 0.15) is 27.2 Å². The van der Waals surface area contributed by atoms with E-state index in [0.29, 0.717) is 18.6 Å². The molecule has 2 unspecified atom stereocenters. The molecular formula is C7H18NO2P. The van der Waals surface area contributed by atoms with Crippen LogP contribution >= 0.6 is 7.52 Å². The van der Waals surface area contributed by atoms with Crippen molar-refractivity contribution in [2.75, 3.05) is 12.7 Å². The number of nitrogens with one attached hydrogen (secondary N) is 1. The van der Waals surface area contributed by atoms with Crippen LogP contribution in [-0.2, 0) is 4.57 Å². The zero-order valence-electron chi connectivity index (χ0n) is 7.50. The Morgan fingerprint density at radius 1 is 1.55 bits per heavy atom. The summed E-state index contributed by atoms with van der Waals surface area (Å²) in [6.45, 7) is 6.40. The minimum atomic E-state index is -3.02. The summed E-state index contributed by atoms with van der Waals surface area (Å²) in [4.78, 5) is 9.26. The number of hydrogen-bond acceptors (Lipinski definition) is 1. The maximum Gasteiger partial charge on any atom is 0.267 e. The van der Waals surface area contributed by atoms with E-state index < -0.39 is 7.52 Å². The second-order valence-electron chi connectivity index (χ2n) is 2.91. The van der Waals surface area contributed by atoms with Crippen molar-refractivity contribution in [3.8, 4) is 0 Å². The Bertz CT molecular complexity index is 149. The minimum Gasteiger partial charge on any atom is -0.333 e. The first-order chi connectivity index (χ1) is 5.02. The van der Waals surface area contributed by atoms with Gasteiger partial charge in [0.15, 0.2) is 0 Å². The van der Waals surface area contributed by atoms with E-state index in [1.807, 2.05) is 20.8 Å². The quantitative estimate of drug-likeness (QED) is 0.633. The molecule has 0 aromatic heterocycles. The van der Waals surface area contributed by atoms with Gasteiger partial charge in [0, 0.05) is 12.7 Å². The van der Waals surface area contributed by atoms with Gasteiger partial charge in [0.2, 0.25) is 0 Å². The molecule has 0 aromatic carbocycles. The lowest BCUT2D eigenvalue weighted by Crippen LogP contribution is -2.14. The first kappa shape index (κ1) is 11.2. The van der Waals surface area contributed by atoms with E-state index in [1.54, 1.807) is 0 Å². The molecule has 0 amide bonds. The van der Waals surface area contributed by atoms with Gasteiger partial charge in [-0.2, -0.15) is 0 Å². The summed E-state index contributed by atoms with van der Waals surface area (Å²) in [6.07, 6.45) is 1.34. The molecule has 2 N–H and O–H groups in total. The summed E-state index contributed by atoms with van der Waals surface area (Å²) >= 11 is 0. The molecule has 0 spiro atoms. The van der Waals surface area contributed by atoms with Gasteiger partial charge in [-0.1, -0.05) is 27.2 Å². The molecule has 0 saturated carbocycles. The van der Waals surface area contributed by atoms with Gasteiger partial charge in [-0.15, -0.1) is 0 Å². The van der Waals surface area contributed by atoms with Crippen molar-refractivity contribution in [2.45, 2.75) is 27.2 Å². The average Bonchev–Trinajstić information content (AvgIpc) is 1.86. The smallest absolute Gasteiger partial charge is 0.267 e. The van der Waals surface area contributed by atoms with Gasteiger partial charge in [-0.25, -0.2) is 5.09 Å². The normalized spacial score (nSPS) is 19.3. The Labute approximate surface area is 68.7 Å². The Morgan fingerprint density at radius 3 is 2.45 bits per heavy atom. The first-order valence-corrected chi connectivity index (χ1v) is 5.93. The maximum atomic E-state index is 11.2. The van der Waals surface area contributed by atoms with Crippen LogP contribution in [0.4, 0.5) is 0 Å². The maximum absolute atomic E-state index is 11.2. The molecule has 68 valence electrons. The largest absolute Gasteiger partial charge is 0.333 e. The molecule has 0 aliphatic rings. The monoisotopic (exact) mass is 179 g/mol. The minimum absolute atomic E-state index is 0.324. The van der Waals surface area contributed by atoms with Crippen LogP contribution in [0.3, 0.4) is 0 Å². The number of hydrogen-bond donors (Lipinski definition) is 2. The van der Waals surface area contributed by atoms with E-state index in [2.05, 4.69) is 5.09 Å². The Morgan fingerprint density at radius 2 is 2.09 bits per heavy atom. The van der Waals surface area contributed by atoms with Crippen LogP contribution in [-0.4, -0.2) is 17.6 Å². The zero-order chi connectivity index (χ0) is 8.91. The Hall–Kier alpha value is 0.150. The highest BCUT2D eigenvalue weighted by Crippen LogP contribution is 2.37. The van der Waals surface area contributed by atoms with Gasteiger partial charge in [0.1, 0.15) is 0 Å². The van der Waals surface area contributed by atoms with Crippen molar-refractivity contribution in [1.82, 2.24) is 5.09 Å². The average molecular weight is 179 g/mol. The number of rotatable bonds is 5. The lowest BCUT2D eigenvalue weighted by molar-refractivity contribution is 0.449. The van der Waals surface area contributed by atoms with Crippen molar-refractivity contribution in [1.29, 1.82) is 0 Å². The van der Waals surface area contributed by atoms with E-state index in [1.165, 1.54) is 0 Å². The standard InChI is InChI=1S/C7H18NO2P/c1-4-7(3)6-11(9,10)8-5-2/h7H,4-6H2,1-3H3,(H2,8,9,10). The summed E-state index contributed by atoms with van der Waals surface area (Å²) in [5, 5.41) is 2.60. The molecule has 0 aliphatic carbocycles. The van der Waals surface area contributed by atoms with Gasteiger partial charge in [-0.3, -0.25) is 4.57 Å². The summed E-state index contributed by atoms with van der Waals surface area (Å²) in [7, 11) is -3.02. The van der Waals surface area contributed by atoms with Gasteiger partial charge >= 0.3 is 0 Å². The zero-order valence-corrected chi connectivity index (χ0v) is 8.40. The fourth-order valence-electron chi connectivity index (χ4n) is 0.863. The first-order valence-electron chi connectivity index (χ1n) is 4.08. The van der Waals surface area contributed by atoms with E-state index in [4.69, 9.17) is 0 Å². The molecule has 11 heavy (non-hydrogen) atoms. The van der Waals surface area contributed by atoms with E-state index in [0.717, 1.165) is 6.42 Å². The third-order valence-electron chi connectivity index (χ3n) is 1.66. The lowest BCUT2D eigenvalue weighted by Gasteiger charge is -2.15. The molecular weight excluding hydrogens is 161 g/mol. The van der Waals surface area contributed by atoms with E-state index in [9.17, 15) is 9.46 Å². The van der Waals surface area contributed by atoms with Gasteiger partial charge in [0.25, 0.3) is 7.52 Å². The van der Waals surface area contributed by atoms with Crippen LogP contribution in [0.5, 0.6) is 0 Å². The predicted octanol–water partition coefficient (Wildman–Crippen LogP) is 1.83. The van der Waals surface area contributed by atoms with E-state index in [-0.39, 0.29) is 0 Å². The van der Waals surface area contributed by atoms with Crippen molar-refractivity contribution in [3.63, 3.8) is 0 Å². The highest BCUT2D eigenvalue weighted by Gasteiger charge is 2.18. The van der Waals surface area contributed by atoms with Crippen molar-refractivity contribution in [2.24, 2.45) is 5.92 Å². The summed E-state index contributed by atoms with van der Waals surface area (Å²) in [5.41, 5.74) is 0.